The molecule has 1 amide bonds. The quantitative estimate of drug-likeness (QED) is 0.665. The van der Waals surface area contributed by atoms with Crippen LogP contribution in [0.2, 0.25) is 0 Å². The number of carbonyl (C=O) groups is 1. The van der Waals surface area contributed by atoms with Crippen LogP contribution < -0.4 is 5.32 Å². The molecule has 0 aliphatic heterocycles. The third kappa shape index (κ3) is 4.55. The number of hydrogen-bond donors (Lipinski definition) is 1. The first-order valence-corrected chi connectivity index (χ1v) is 8.84. The van der Waals surface area contributed by atoms with Crippen LogP contribution in [0.15, 0.2) is 44.8 Å². The predicted octanol–water partition coefficient (Wildman–Crippen LogP) is 2.74. The number of carbonyl (C=O) groups excluding carboxylic acids is 1. The Balaban J connectivity index is 1.48. The van der Waals surface area contributed by atoms with Crippen LogP contribution in [0.4, 0.5) is 0 Å². The number of aryl methyl sites for hydroxylation is 1. The molecule has 0 aromatic carbocycles. The highest BCUT2D eigenvalue weighted by Gasteiger charge is 2.18. The topological polar surface area (TPSA) is 84.4 Å². The van der Waals surface area contributed by atoms with E-state index in [1.165, 1.54) is 0 Å². The molecule has 0 spiro atoms. The standard InChI is InChI=1S/C17H20N4O3S/c1-21(2)12(13-5-3-9-23-13)11-18-15(22)7-8-16-19-17(20-24-16)14-6-4-10-25-14/h3-6,9-10,12H,7-8,11H2,1-2H3,(H,18,22). The number of nitrogens with zero attached hydrogens (tertiary/aromatic N) is 3. The molecule has 0 aliphatic carbocycles. The third-order valence-corrected chi connectivity index (χ3v) is 4.63. The van der Waals surface area contributed by atoms with Gasteiger partial charge in [-0.2, -0.15) is 4.98 Å². The molecule has 1 atom stereocenters. The second-order valence-electron chi connectivity index (χ2n) is 5.79. The lowest BCUT2D eigenvalue weighted by Crippen LogP contribution is -2.34. The SMILES string of the molecule is CN(C)C(CNC(=O)CCc1nc(-c2cccs2)no1)c1ccco1. The Labute approximate surface area is 149 Å². The van der Waals surface area contributed by atoms with Gasteiger partial charge in [-0.25, -0.2) is 0 Å². The zero-order valence-corrected chi connectivity index (χ0v) is 15.0. The molecule has 0 aliphatic rings. The molecule has 0 fully saturated rings. The van der Waals surface area contributed by atoms with Crippen molar-refractivity contribution in [2.45, 2.75) is 18.9 Å². The largest absolute Gasteiger partial charge is 0.468 e. The first kappa shape index (κ1) is 17.4. The van der Waals surface area contributed by atoms with Crippen LogP contribution in [0.5, 0.6) is 0 Å². The Morgan fingerprint density at radius 2 is 2.24 bits per heavy atom. The van der Waals surface area contributed by atoms with Crippen molar-refractivity contribution in [2.24, 2.45) is 0 Å². The summed E-state index contributed by atoms with van der Waals surface area (Å²) in [5.41, 5.74) is 0. The number of amides is 1. The van der Waals surface area contributed by atoms with Crippen molar-refractivity contribution in [2.75, 3.05) is 20.6 Å². The van der Waals surface area contributed by atoms with Crippen molar-refractivity contribution in [3.05, 3.63) is 47.6 Å². The van der Waals surface area contributed by atoms with Gasteiger partial charge in [0.25, 0.3) is 0 Å². The lowest BCUT2D eigenvalue weighted by atomic mass is 10.2. The number of nitrogens with one attached hydrogen (secondary N) is 1. The summed E-state index contributed by atoms with van der Waals surface area (Å²) < 4.78 is 10.6. The molecule has 3 heterocycles. The molecule has 3 aromatic rings. The summed E-state index contributed by atoms with van der Waals surface area (Å²) in [7, 11) is 3.90. The fourth-order valence-electron chi connectivity index (χ4n) is 2.40. The maximum absolute atomic E-state index is 12.1. The Kier molecular flexibility index (Phi) is 5.62. The van der Waals surface area contributed by atoms with Gasteiger partial charge >= 0.3 is 0 Å². The van der Waals surface area contributed by atoms with Crippen molar-refractivity contribution >= 4 is 17.2 Å². The van der Waals surface area contributed by atoms with Gasteiger partial charge in [0.1, 0.15) is 5.76 Å². The highest BCUT2D eigenvalue weighted by atomic mass is 32.1. The van der Waals surface area contributed by atoms with Crippen molar-refractivity contribution in [3.63, 3.8) is 0 Å². The molecule has 7 nitrogen and oxygen atoms in total. The predicted molar refractivity (Wildman–Crippen MR) is 94.1 cm³/mol. The molecule has 1 N–H and O–H groups in total. The van der Waals surface area contributed by atoms with Gasteiger partial charge in [-0.15, -0.1) is 11.3 Å². The molecule has 0 bridgehead atoms. The number of rotatable bonds is 8. The smallest absolute Gasteiger partial charge is 0.227 e. The van der Waals surface area contributed by atoms with E-state index in [9.17, 15) is 4.79 Å². The van der Waals surface area contributed by atoms with E-state index in [0.29, 0.717) is 31.1 Å². The van der Waals surface area contributed by atoms with E-state index in [1.807, 2.05) is 48.6 Å². The van der Waals surface area contributed by atoms with Crippen LogP contribution in [-0.4, -0.2) is 41.6 Å². The maximum atomic E-state index is 12.1. The van der Waals surface area contributed by atoms with E-state index in [-0.39, 0.29) is 11.9 Å². The van der Waals surface area contributed by atoms with E-state index in [0.717, 1.165) is 10.6 Å². The summed E-state index contributed by atoms with van der Waals surface area (Å²) in [6.45, 7) is 0.476. The summed E-state index contributed by atoms with van der Waals surface area (Å²) in [5, 5.41) is 8.83. The molecule has 3 aromatic heterocycles. The van der Waals surface area contributed by atoms with Gasteiger partial charge in [0.15, 0.2) is 0 Å². The van der Waals surface area contributed by atoms with Crippen LogP contribution in [0.25, 0.3) is 10.7 Å². The fourth-order valence-corrected chi connectivity index (χ4v) is 3.05. The van der Waals surface area contributed by atoms with Gasteiger partial charge in [-0.1, -0.05) is 11.2 Å². The first-order valence-electron chi connectivity index (χ1n) is 7.96. The Hall–Kier alpha value is -2.45. The van der Waals surface area contributed by atoms with Crippen molar-refractivity contribution < 1.29 is 13.7 Å². The zero-order valence-electron chi connectivity index (χ0n) is 14.1. The minimum Gasteiger partial charge on any atom is -0.468 e. The molecule has 25 heavy (non-hydrogen) atoms. The average Bonchev–Trinajstić information content (AvgIpc) is 3.33. The van der Waals surface area contributed by atoms with Gasteiger partial charge < -0.3 is 14.3 Å². The van der Waals surface area contributed by atoms with Gasteiger partial charge in [-0.05, 0) is 37.7 Å². The molecule has 8 heteroatoms. The van der Waals surface area contributed by atoms with E-state index in [1.54, 1.807) is 17.6 Å². The Bertz CT molecular complexity index is 781. The summed E-state index contributed by atoms with van der Waals surface area (Å²) in [5.74, 6) is 1.79. The Morgan fingerprint density at radius 1 is 1.36 bits per heavy atom. The zero-order chi connectivity index (χ0) is 17.6. The van der Waals surface area contributed by atoms with Crippen molar-refractivity contribution in [1.82, 2.24) is 20.4 Å². The summed E-state index contributed by atoms with van der Waals surface area (Å²) in [6.07, 6.45) is 2.34. The highest BCUT2D eigenvalue weighted by molar-refractivity contribution is 7.13. The normalized spacial score (nSPS) is 12.4. The van der Waals surface area contributed by atoms with Gasteiger partial charge in [-0.3, -0.25) is 9.69 Å². The lowest BCUT2D eigenvalue weighted by Gasteiger charge is -2.22. The maximum Gasteiger partial charge on any atom is 0.227 e. The summed E-state index contributed by atoms with van der Waals surface area (Å²) >= 11 is 1.55. The van der Waals surface area contributed by atoms with Crippen LogP contribution >= 0.6 is 11.3 Å². The molecular weight excluding hydrogens is 340 g/mol. The minimum atomic E-state index is -0.0609. The fraction of sp³-hybridized carbons (Fsp3) is 0.353. The number of thiophene rings is 1. The summed E-state index contributed by atoms with van der Waals surface area (Å²) in [4.78, 5) is 19.4. The monoisotopic (exact) mass is 360 g/mol. The number of likely N-dealkylation sites (N-methyl/N-ethyl adjacent to an activating group) is 1. The second-order valence-corrected chi connectivity index (χ2v) is 6.74. The molecular formula is C17H20N4O3S. The van der Waals surface area contributed by atoms with Gasteiger partial charge in [0.2, 0.25) is 17.6 Å². The van der Waals surface area contributed by atoms with Crippen molar-refractivity contribution in [1.29, 1.82) is 0 Å². The minimum absolute atomic E-state index is 0.00668. The first-order chi connectivity index (χ1) is 12.1. The number of aromatic nitrogens is 2. The van der Waals surface area contributed by atoms with E-state index >= 15 is 0 Å². The van der Waals surface area contributed by atoms with Crippen LogP contribution in [0.1, 0.15) is 24.1 Å². The lowest BCUT2D eigenvalue weighted by molar-refractivity contribution is -0.121. The van der Waals surface area contributed by atoms with Crippen molar-refractivity contribution in [3.8, 4) is 10.7 Å². The third-order valence-electron chi connectivity index (χ3n) is 3.76. The van der Waals surface area contributed by atoms with Crippen LogP contribution in [0.3, 0.4) is 0 Å². The molecule has 0 saturated heterocycles. The average molecular weight is 360 g/mol. The molecule has 0 radical (unpaired) electrons. The molecule has 0 saturated carbocycles. The van der Waals surface area contributed by atoms with Gasteiger partial charge in [0, 0.05) is 19.4 Å². The van der Waals surface area contributed by atoms with Crippen LogP contribution in [0, 0.1) is 0 Å². The van der Waals surface area contributed by atoms with E-state index < -0.39 is 0 Å². The molecule has 1 unspecified atom stereocenters. The van der Waals surface area contributed by atoms with E-state index in [2.05, 4.69) is 15.5 Å². The molecule has 132 valence electrons. The Morgan fingerprint density at radius 3 is 2.92 bits per heavy atom. The number of furan rings is 1. The summed E-state index contributed by atoms with van der Waals surface area (Å²) in [6, 6.07) is 7.61. The van der Waals surface area contributed by atoms with Crippen LogP contribution in [-0.2, 0) is 11.2 Å². The highest BCUT2D eigenvalue weighted by Crippen LogP contribution is 2.21. The number of hydrogen-bond acceptors (Lipinski definition) is 7. The van der Waals surface area contributed by atoms with E-state index in [4.69, 9.17) is 8.94 Å². The molecule has 3 rings (SSSR count). The second kappa shape index (κ2) is 8.09. The van der Waals surface area contributed by atoms with Gasteiger partial charge in [0.05, 0.1) is 17.2 Å².